The molecule has 110 valence electrons. The monoisotopic (exact) mass is 289 g/mol. The first kappa shape index (κ1) is 14.6. The SMILES string of the molecule is COc1ccc(C(=O)NCC(=O)NCc2ccco2)cn1. The zero-order valence-corrected chi connectivity index (χ0v) is 11.5. The first-order chi connectivity index (χ1) is 10.2. The van der Waals surface area contributed by atoms with Crippen molar-refractivity contribution in [2.45, 2.75) is 6.54 Å². The van der Waals surface area contributed by atoms with Crippen LogP contribution in [-0.2, 0) is 11.3 Å². The molecule has 0 radical (unpaired) electrons. The average molecular weight is 289 g/mol. The van der Waals surface area contributed by atoms with Gasteiger partial charge in [-0.25, -0.2) is 4.98 Å². The van der Waals surface area contributed by atoms with Crippen molar-refractivity contribution in [1.82, 2.24) is 15.6 Å². The van der Waals surface area contributed by atoms with Crippen LogP contribution in [0.4, 0.5) is 0 Å². The van der Waals surface area contributed by atoms with E-state index in [1.54, 1.807) is 24.3 Å². The Hall–Kier alpha value is -2.83. The molecule has 7 nitrogen and oxygen atoms in total. The molecule has 0 aliphatic carbocycles. The molecule has 2 heterocycles. The molecule has 7 heteroatoms. The Bertz CT molecular complexity index is 593. The topological polar surface area (TPSA) is 93.5 Å². The molecule has 2 amide bonds. The lowest BCUT2D eigenvalue weighted by Gasteiger charge is -2.06. The van der Waals surface area contributed by atoms with Gasteiger partial charge in [-0.05, 0) is 18.2 Å². The fourth-order valence-electron chi connectivity index (χ4n) is 1.56. The van der Waals surface area contributed by atoms with E-state index < -0.39 is 0 Å². The maximum absolute atomic E-state index is 11.8. The third-order valence-corrected chi connectivity index (χ3v) is 2.66. The molecule has 0 atom stereocenters. The summed E-state index contributed by atoms with van der Waals surface area (Å²) in [5, 5.41) is 5.13. The van der Waals surface area contributed by atoms with Gasteiger partial charge in [-0.1, -0.05) is 0 Å². The van der Waals surface area contributed by atoms with Gasteiger partial charge in [0.2, 0.25) is 11.8 Å². The van der Waals surface area contributed by atoms with Crippen LogP contribution in [0.5, 0.6) is 5.88 Å². The van der Waals surface area contributed by atoms with Gasteiger partial charge in [-0.2, -0.15) is 0 Å². The van der Waals surface area contributed by atoms with Crippen LogP contribution in [-0.4, -0.2) is 30.5 Å². The minimum atomic E-state index is -0.377. The molecule has 0 aliphatic rings. The number of methoxy groups -OCH3 is 1. The Morgan fingerprint density at radius 3 is 2.76 bits per heavy atom. The van der Waals surface area contributed by atoms with Gasteiger partial charge in [0.25, 0.3) is 5.91 Å². The number of furan rings is 1. The Kier molecular flexibility index (Phi) is 4.92. The van der Waals surface area contributed by atoms with Crippen molar-refractivity contribution in [2.24, 2.45) is 0 Å². The number of amides is 2. The Morgan fingerprint density at radius 2 is 2.14 bits per heavy atom. The highest BCUT2D eigenvalue weighted by atomic mass is 16.5. The maximum Gasteiger partial charge on any atom is 0.253 e. The van der Waals surface area contributed by atoms with Crippen molar-refractivity contribution >= 4 is 11.8 Å². The summed E-state index contributed by atoms with van der Waals surface area (Å²) in [5.41, 5.74) is 0.356. The number of nitrogens with one attached hydrogen (secondary N) is 2. The summed E-state index contributed by atoms with van der Waals surface area (Å²) in [6.07, 6.45) is 2.91. The number of ether oxygens (including phenoxy) is 1. The van der Waals surface area contributed by atoms with Crippen LogP contribution in [0.25, 0.3) is 0 Å². The summed E-state index contributed by atoms with van der Waals surface area (Å²) in [6.45, 7) is 0.164. The van der Waals surface area contributed by atoms with E-state index in [1.807, 2.05) is 0 Å². The van der Waals surface area contributed by atoms with E-state index in [1.165, 1.54) is 19.6 Å². The van der Waals surface area contributed by atoms with E-state index >= 15 is 0 Å². The molecular formula is C14H15N3O4. The smallest absolute Gasteiger partial charge is 0.253 e. The van der Waals surface area contributed by atoms with Crippen molar-refractivity contribution in [2.75, 3.05) is 13.7 Å². The second kappa shape index (κ2) is 7.09. The van der Waals surface area contributed by atoms with E-state index in [-0.39, 0.29) is 24.9 Å². The fourth-order valence-corrected chi connectivity index (χ4v) is 1.56. The molecule has 21 heavy (non-hydrogen) atoms. The first-order valence-electron chi connectivity index (χ1n) is 6.26. The summed E-state index contributed by atoms with van der Waals surface area (Å²) in [6, 6.07) is 6.63. The molecule has 0 spiro atoms. The van der Waals surface area contributed by atoms with Gasteiger partial charge >= 0.3 is 0 Å². The molecule has 0 aromatic carbocycles. The van der Waals surface area contributed by atoms with Crippen LogP contribution in [0.2, 0.25) is 0 Å². The zero-order valence-electron chi connectivity index (χ0n) is 11.5. The zero-order chi connectivity index (χ0) is 15.1. The summed E-state index contributed by atoms with van der Waals surface area (Å²) < 4.78 is 9.98. The minimum absolute atomic E-state index is 0.119. The van der Waals surface area contributed by atoms with E-state index in [2.05, 4.69) is 15.6 Å². The second-order valence-electron chi connectivity index (χ2n) is 4.13. The lowest BCUT2D eigenvalue weighted by atomic mass is 10.2. The number of pyridine rings is 1. The lowest BCUT2D eigenvalue weighted by molar-refractivity contribution is -0.120. The Labute approximate surface area is 121 Å². The van der Waals surface area contributed by atoms with Crippen molar-refractivity contribution < 1.29 is 18.7 Å². The van der Waals surface area contributed by atoms with Crippen LogP contribution < -0.4 is 15.4 Å². The van der Waals surface area contributed by atoms with Gasteiger partial charge in [-0.3, -0.25) is 9.59 Å². The third-order valence-electron chi connectivity index (χ3n) is 2.66. The van der Waals surface area contributed by atoms with Crippen LogP contribution in [0.15, 0.2) is 41.1 Å². The van der Waals surface area contributed by atoms with Crippen molar-refractivity contribution in [3.63, 3.8) is 0 Å². The van der Waals surface area contributed by atoms with Gasteiger partial charge in [-0.15, -0.1) is 0 Å². The Morgan fingerprint density at radius 1 is 1.29 bits per heavy atom. The van der Waals surface area contributed by atoms with Crippen LogP contribution in [0.3, 0.4) is 0 Å². The molecule has 0 saturated heterocycles. The van der Waals surface area contributed by atoms with Gasteiger partial charge < -0.3 is 19.8 Å². The van der Waals surface area contributed by atoms with Gasteiger partial charge in [0, 0.05) is 12.3 Å². The molecule has 0 fully saturated rings. The first-order valence-corrected chi connectivity index (χ1v) is 6.26. The number of hydrogen-bond donors (Lipinski definition) is 2. The van der Waals surface area contributed by atoms with Crippen LogP contribution in [0, 0.1) is 0 Å². The van der Waals surface area contributed by atoms with Gasteiger partial charge in [0.15, 0.2) is 0 Å². The molecule has 0 saturated carbocycles. The van der Waals surface area contributed by atoms with Crippen LogP contribution >= 0.6 is 0 Å². The average Bonchev–Trinajstić information content (AvgIpc) is 3.04. The molecule has 0 aliphatic heterocycles. The van der Waals surface area contributed by atoms with E-state index in [9.17, 15) is 9.59 Å². The van der Waals surface area contributed by atoms with Gasteiger partial charge in [0.05, 0.1) is 32.0 Å². The largest absolute Gasteiger partial charge is 0.481 e. The van der Waals surface area contributed by atoms with E-state index in [0.717, 1.165) is 0 Å². The number of carbonyl (C=O) groups excluding carboxylic acids is 2. The molecule has 2 N–H and O–H groups in total. The predicted molar refractivity (Wildman–Crippen MR) is 73.7 cm³/mol. The number of nitrogens with zero attached hydrogens (tertiary/aromatic N) is 1. The third kappa shape index (κ3) is 4.34. The van der Waals surface area contributed by atoms with Crippen molar-refractivity contribution in [3.05, 3.63) is 48.0 Å². The highest BCUT2D eigenvalue weighted by Gasteiger charge is 2.09. The van der Waals surface area contributed by atoms with Crippen molar-refractivity contribution in [1.29, 1.82) is 0 Å². The highest BCUT2D eigenvalue weighted by Crippen LogP contribution is 2.06. The summed E-state index contributed by atoms with van der Waals surface area (Å²) in [4.78, 5) is 27.3. The number of carbonyl (C=O) groups is 2. The predicted octanol–water partition coefficient (Wildman–Crippen LogP) is 0.729. The van der Waals surface area contributed by atoms with Crippen LogP contribution in [0.1, 0.15) is 16.1 Å². The highest BCUT2D eigenvalue weighted by molar-refractivity contribution is 5.96. The quantitative estimate of drug-likeness (QED) is 0.817. The summed E-state index contributed by atoms with van der Waals surface area (Å²) >= 11 is 0. The minimum Gasteiger partial charge on any atom is -0.481 e. The Balaban J connectivity index is 1.76. The van der Waals surface area contributed by atoms with Gasteiger partial charge in [0.1, 0.15) is 5.76 Å². The lowest BCUT2D eigenvalue weighted by Crippen LogP contribution is -2.36. The number of aromatic nitrogens is 1. The molecule has 2 aromatic heterocycles. The van der Waals surface area contributed by atoms with E-state index in [4.69, 9.17) is 9.15 Å². The van der Waals surface area contributed by atoms with Crippen molar-refractivity contribution in [3.8, 4) is 5.88 Å². The standard InChI is InChI=1S/C14H15N3O4/c1-20-13-5-4-10(7-16-13)14(19)17-9-12(18)15-8-11-3-2-6-21-11/h2-7H,8-9H2,1H3,(H,15,18)(H,17,19). The van der Waals surface area contributed by atoms with E-state index in [0.29, 0.717) is 17.2 Å². The molecule has 2 aromatic rings. The molecular weight excluding hydrogens is 274 g/mol. The maximum atomic E-state index is 11.8. The molecule has 0 unspecified atom stereocenters. The second-order valence-corrected chi connectivity index (χ2v) is 4.13. The number of rotatable bonds is 6. The summed E-state index contributed by atoms with van der Waals surface area (Å²) in [7, 11) is 1.49. The normalized spacial score (nSPS) is 9.95. The molecule has 2 rings (SSSR count). The number of hydrogen-bond acceptors (Lipinski definition) is 5. The molecule has 0 bridgehead atoms. The summed E-state index contributed by atoms with van der Waals surface area (Å²) in [5.74, 6) is 0.385. The fraction of sp³-hybridized carbons (Fsp3) is 0.214.